The van der Waals surface area contributed by atoms with Crippen LogP contribution in [-0.4, -0.2) is 4.98 Å². The average molecular weight is 287 g/mol. The Balaban J connectivity index is 1.74. The van der Waals surface area contributed by atoms with Crippen LogP contribution in [0.3, 0.4) is 0 Å². The molecule has 0 aliphatic heterocycles. The van der Waals surface area contributed by atoms with Crippen molar-refractivity contribution in [2.45, 2.75) is 38.0 Å². The van der Waals surface area contributed by atoms with Crippen molar-refractivity contribution in [3.8, 4) is 11.3 Å². The Morgan fingerprint density at radius 2 is 1.55 bits per heavy atom. The summed E-state index contributed by atoms with van der Waals surface area (Å²) in [5.74, 6) is 0.736. The summed E-state index contributed by atoms with van der Waals surface area (Å²) < 4.78 is 0. The van der Waals surface area contributed by atoms with Crippen LogP contribution in [-0.2, 0) is 0 Å². The zero-order valence-electron chi connectivity index (χ0n) is 12.8. The fraction of sp³-hybridized carbons (Fsp3) is 0.286. The van der Waals surface area contributed by atoms with E-state index in [0.717, 1.165) is 17.1 Å². The Morgan fingerprint density at radius 1 is 0.773 bits per heavy atom. The highest BCUT2D eigenvalue weighted by Crippen LogP contribution is 2.34. The van der Waals surface area contributed by atoms with E-state index in [0.29, 0.717) is 0 Å². The molecule has 1 fully saturated rings. The molecule has 1 saturated carbocycles. The molecule has 2 aromatic carbocycles. The lowest BCUT2D eigenvalue weighted by Gasteiger charge is -2.22. The summed E-state index contributed by atoms with van der Waals surface area (Å²) in [5, 5.41) is 1.24. The summed E-state index contributed by atoms with van der Waals surface area (Å²) >= 11 is 0. The molecule has 0 saturated heterocycles. The van der Waals surface area contributed by atoms with Crippen LogP contribution in [0.5, 0.6) is 0 Å². The minimum atomic E-state index is 0.736. The van der Waals surface area contributed by atoms with Crippen molar-refractivity contribution in [3.63, 3.8) is 0 Å². The topological polar surface area (TPSA) is 12.9 Å². The quantitative estimate of drug-likeness (QED) is 0.567. The van der Waals surface area contributed by atoms with Crippen molar-refractivity contribution >= 4 is 10.9 Å². The van der Waals surface area contributed by atoms with E-state index in [4.69, 9.17) is 4.98 Å². The molecule has 0 radical (unpaired) electrons. The van der Waals surface area contributed by atoms with E-state index < -0.39 is 0 Å². The van der Waals surface area contributed by atoms with Crippen LogP contribution < -0.4 is 0 Å². The maximum absolute atomic E-state index is 4.90. The highest BCUT2D eigenvalue weighted by Gasteiger charge is 2.15. The molecule has 0 atom stereocenters. The molecule has 110 valence electrons. The lowest BCUT2D eigenvalue weighted by molar-refractivity contribution is 0.444. The molecule has 0 N–H and O–H groups in total. The van der Waals surface area contributed by atoms with Crippen molar-refractivity contribution in [3.05, 3.63) is 66.2 Å². The number of rotatable bonds is 2. The third-order valence-corrected chi connectivity index (χ3v) is 4.86. The molecule has 0 bridgehead atoms. The molecule has 1 heteroatoms. The van der Waals surface area contributed by atoms with Gasteiger partial charge in [-0.15, -0.1) is 0 Å². The van der Waals surface area contributed by atoms with Gasteiger partial charge in [0.05, 0.1) is 11.2 Å². The number of hydrogen-bond acceptors (Lipinski definition) is 1. The smallest absolute Gasteiger partial charge is 0.0712 e. The Hall–Kier alpha value is -2.15. The first-order valence-electron chi connectivity index (χ1n) is 8.36. The van der Waals surface area contributed by atoms with E-state index in [1.54, 1.807) is 0 Å². The molecule has 0 amide bonds. The standard InChI is InChI=1S/C21H21N/c1-3-7-16(8-4-1)19-12-11-18-13-14-20(22-21(18)15-19)17-9-5-2-6-10-17/h2,5-6,9-16H,1,3-4,7-8H2. The van der Waals surface area contributed by atoms with Crippen molar-refractivity contribution in [2.75, 3.05) is 0 Å². The predicted octanol–water partition coefficient (Wildman–Crippen LogP) is 5.95. The van der Waals surface area contributed by atoms with Crippen molar-refractivity contribution < 1.29 is 0 Å². The molecule has 1 nitrogen and oxygen atoms in total. The maximum Gasteiger partial charge on any atom is 0.0712 e. The first-order valence-corrected chi connectivity index (χ1v) is 8.36. The molecule has 0 unspecified atom stereocenters. The van der Waals surface area contributed by atoms with Gasteiger partial charge in [-0.05, 0) is 36.5 Å². The highest BCUT2D eigenvalue weighted by atomic mass is 14.7. The fourth-order valence-corrected chi connectivity index (χ4v) is 3.59. The van der Waals surface area contributed by atoms with Gasteiger partial charge >= 0.3 is 0 Å². The summed E-state index contributed by atoms with van der Waals surface area (Å²) in [6, 6.07) is 21.6. The molecule has 0 spiro atoms. The number of aromatic nitrogens is 1. The van der Waals surface area contributed by atoms with Gasteiger partial charge in [-0.2, -0.15) is 0 Å². The zero-order chi connectivity index (χ0) is 14.8. The van der Waals surface area contributed by atoms with E-state index in [-0.39, 0.29) is 0 Å². The molecule has 1 aliphatic carbocycles. The van der Waals surface area contributed by atoms with Gasteiger partial charge in [0, 0.05) is 10.9 Å². The first kappa shape index (κ1) is 13.5. The van der Waals surface area contributed by atoms with Crippen LogP contribution in [0.2, 0.25) is 0 Å². The highest BCUT2D eigenvalue weighted by molar-refractivity contribution is 5.82. The Kier molecular flexibility index (Phi) is 3.64. The largest absolute Gasteiger partial charge is 0.248 e. The Labute approximate surface area is 132 Å². The lowest BCUT2D eigenvalue weighted by atomic mass is 9.84. The molecule has 22 heavy (non-hydrogen) atoms. The number of benzene rings is 2. The summed E-state index contributed by atoms with van der Waals surface area (Å²) in [6.07, 6.45) is 6.83. The van der Waals surface area contributed by atoms with E-state index in [9.17, 15) is 0 Å². The minimum Gasteiger partial charge on any atom is -0.248 e. The third-order valence-electron chi connectivity index (χ3n) is 4.86. The zero-order valence-corrected chi connectivity index (χ0v) is 12.8. The van der Waals surface area contributed by atoms with E-state index >= 15 is 0 Å². The average Bonchev–Trinajstić information content (AvgIpc) is 2.62. The summed E-state index contributed by atoms with van der Waals surface area (Å²) in [6.45, 7) is 0. The van der Waals surface area contributed by atoms with Crippen molar-refractivity contribution in [1.82, 2.24) is 4.98 Å². The Bertz CT molecular complexity index is 770. The maximum atomic E-state index is 4.90. The normalized spacial score (nSPS) is 16.0. The molecule has 3 aromatic rings. The second kappa shape index (κ2) is 5.92. The van der Waals surface area contributed by atoms with Gasteiger partial charge in [0.15, 0.2) is 0 Å². The predicted molar refractivity (Wildman–Crippen MR) is 93.0 cm³/mol. The number of hydrogen-bond donors (Lipinski definition) is 0. The Morgan fingerprint density at radius 3 is 2.36 bits per heavy atom. The molecule has 1 aliphatic rings. The summed E-state index contributed by atoms with van der Waals surface area (Å²) in [4.78, 5) is 4.90. The van der Waals surface area contributed by atoms with Crippen LogP contribution in [0.25, 0.3) is 22.2 Å². The van der Waals surface area contributed by atoms with Crippen LogP contribution in [0.4, 0.5) is 0 Å². The van der Waals surface area contributed by atoms with Crippen LogP contribution >= 0.6 is 0 Å². The molecule has 1 aromatic heterocycles. The number of fused-ring (bicyclic) bond motifs is 1. The van der Waals surface area contributed by atoms with E-state index in [2.05, 4.69) is 54.6 Å². The third kappa shape index (κ3) is 2.64. The summed E-state index contributed by atoms with van der Waals surface area (Å²) in [5.41, 5.74) is 4.86. The second-order valence-electron chi connectivity index (χ2n) is 6.35. The second-order valence-corrected chi connectivity index (χ2v) is 6.35. The van der Waals surface area contributed by atoms with Gasteiger partial charge in [-0.3, -0.25) is 0 Å². The molecular weight excluding hydrogens is 266 g/mol. The van der Waals surface area contributed by atoms with Crippen LogP contribution in [0.15, 0.2) is 60.7 Å². The van der Waals surface area contributed by atoms with Crippen LogP contribution in [0, 0.1) is 0 Å². The lowest BCUT2D eigenvalue weighted by Crippen LogP contribution is -2.04. The fourth-order valence-electron chi connectivity index (χ4n) is 3.59. The number of nitrogens with zero attached hydrogens (tertiary/aromatic N) is 1. The van der Waals surface area contributed by atoms with Gasteiger partial charge in [-0.1, -0.05) is 67.8 Å². The van der Waals surface area contributed by atoms with Crippen molar-refractivity contribution in [2.24, 2.45) is 0 Å². The van der Waals surface area contributed by atoms with Gasteiger partial charge < -0.3 is 0 Å². The van der Waals surface area contributed by atoms with Crippen LogP contribution in [0.1, 0.15) is 43.6 Å². The molecule has 4 rings (SSSR count). The first-order chi connectivity index (χ1) is 10.9. The SMILES string of the molecule is c1ccc(-c2ccc3ccc(C4CCCCC4)cc3n2)cc1. The van der Waals surface area contributed by atoms with Gasteiger partial charge in [0.2, 0.25) is 0 Å². The van der Waals surface area contributed by atoms with Gasteiger partial charge in [0.1, 0.15) is 0 Å². The molecular formula is C21H21N. The summed E-state index contributed by atoms with van der Waals surface area (Å²) in [7, 11) is 0. The van der Waals surface area contributed by atoms with E-state index in [1.807, 2.05) is 6.07 Å². The van der Waals surface area contributed by atoms with Gasteiger partial charge in [-0.25, -0.2) is 4.98 Å². The monoisotopic (exact) mass is 287 g/mol. The van der Waals surface area contributed by atoms with Gasteiger partial charge in [0.25, 0.3) is 0 Å². The number of pyridine rings is 1. The molecule has 1 heterocycles. The van der Waals surface area contributed by atoms with Crippen molar-refractivity contribution in [1.29, 1.82) is 0 Å². The minimum absolute atomic E-state index is 0.736. The van der Waals surface area contributed by atoms with E-state index in [1.165, 1.54) is 48.6 Å².